The zero-order chi connectivity index (χ0) is 13.7. The van der Waals surface area contributed by atoms with Crippen molar-refractivity contribution in [3.8, 4) is 0 Å². The van der Waals surface area contributed by atoms with Crippen LogP contribution in [-0.4, -0.2) is 39.7 Å². The number of urea groups is 1. The first-order valence-corrected chi connectivity index (χ1v) is 6.75. The first-order valence-electron chi connectivity index (χ1n) is 6.75. The van der Waals surface area contributed by atoms with Gasteiger partial charge in [-0.25, -0.2) is 4.79 Å². The normalized spacial score (nSPS) is 22.5. The van der Waals surface area contributed by atoms with Gasteiger partial charge < -0.3 is 15.3 Å². The lowest BCUT2D eigenvalue weighted by Crippen LogP contribution is -2.47. The maximum absolute atomic E-state index is 12.3. The number of carbonyl (C=O) groups excluding carboxylic acids is 1. The minimum Gasteiger partial charge on any atom is -0.396 e. The van der Waals surface area contributed by atoms with Gasteiger partial charge in [-0.1, -0.05) is 0 Å². The Morgan fingerprint density at radius 3 is 3.16 bits per heavy atom. The summed E-state index contributed by atoms with van der Waals surface area (Å²) in [4.78, 5) is 18.2. The van der Waals surface area contributed by atoms with Crippen molar-refractivity contribution in [1.29, 1.82) is 0 Å². The number of likely N-dealkylation sites (tertiary alicyclic amines) is 1. The molecule has 19 heavy (non-hydrogen) atoms. The van der Waals surface area contributed by atoms with E-state index < -0.39 is 0 Å². The van der Waals surface area contributed by atoms with Crippen LogP contribution >= 0.6 is 0 Å². The molecule has 5 nitrogen and oxygen atoms in total. The second-order valence-electron chi connectivity index (χ2n) is 5.25. The molecule has 0 saturated carbocycles. The Bertz CT molecular complexity index is 424. The maximum Gasteiger partial charge on any atom is 0.322 e. The van der Waals surface area contributed by atoms with Crippen molar-refractivity contribution < 1.29 is 9.90 Å². The summed E-state index contributed by atoms with van der Waals surface area (Å²) in [5.41, 5.74) is 0.568. The standard InChI is InChI=1S/C14H21N3O2/c1-14(7-4-10-18)6-3-9-17(14)13(19)16-12-5-2-8-15-11-12/h2,5,8,11,18H,3-4,6-7,9-10H2,1H3,(H,16,19). The maximum atomic E-state index is 12.3. The van der Waals surface area contributed by atoms with E-state index in [1.165, 1.54) is 0 Å². The SMILES string of the molecule is CC1(CCCO)CCCN1C(=O)Nc1cccnc1. The number of anilines is 1. The average Bonchev–Trinajstić information content (AvgIpc) is 2.80. The number of hydrogen-bond donors (Lipinski definition) is 2. The number of hydrogen-bond acceptors (Lipinski definition) is 3. The molecular formula is C14H21N3O2. The quantitative estimate of drug-likeness (QED) is 0.875. The monoisotopic (exact) mass is 263 g/mol. The number of rotatable bonds is 4. The Kier molecular flexibility index (Phi) is 4.37. The summed E-state index contributed by atoms with van der Waals surface area (Å²) in [6.07, 6.45) is 6.89. The molecule has 0 radical (unpaired) electrons. The van der Waals surface area contributed by atoms with Crippen LogP contribution in [0.25, 0.3) is 0 Å². The van der Waals surface area contributed by atoms with Crippen molar-refractivity contribution >= 4 is 11.7 Å². The van der Waals surface area contributed by atoms with E-state index in [2.05, 4.69) is 17.2 Å². The van der Waals surface area contributed by atoms with E-state index in [0.717, 1.165) is 32.2 Å². The highest BCUT2D eigenvalue weighted by Gasteiger charge is 2.38. The summed E-state index contributed by atoms with van der Waals surface area (Å²) in [5.74, 6) is 0. The molecule has 0 spiro atoms. The molecule has 1 saturated heterocycles. The summed E-state index contributed by atoms with van der Waals surface area (Å²) < 4.78 is 0. The second-order valence-corrected chi connectivity index (χ2v) is 5.25. The van der Waals surface area contributed by atoms with Gasteiger partial charge in [-0.2, -0.15) is 0 Å². The molecule has 1 unspecified atom stereocenters. The van der Waals surface area contributed by atoms with Gasteiger partial charge in [0.2, 0.25) is 0 Å². The highest BCUT2D eigenvalue weighted by atomic mass is 16.3. The van der Waals surface area contributed by atoms with E-state index in [1.807, 2.05) is 11.0 Å². The zero-order valence-electron chi connectivity index (χ0n) is 11.3. The molecular weight excluding hydrogens is 242 g/mol. The number of pyridine rings is 1. The first-order chi connectivity index (χ1) is 9.15. The molecule has 2 rings (SSSR count). The van der Waals surface area contributed by atoms with Crippen LogP contribution in [0.5, 0.6) is 0 Å². The van der Waals surface area contributed by atoms with Gasteiger partial charge in [0.1, 0.15) is 0 Å². The molecule has 2 N–H and O–H groups in total. The molecule has 1 aliphatic rings. The van der Waals surface area contributed by atoms with Crippen LogP contribution in [0, 0.1) is 0 Å². The Hall–Kier alpha value is -1.62. The third kappa shape index (κ3) is 3.23. The number of nitrogens with zero attached hydrogens (tertiary/aromatic N) is 2. The smallest absolute Gasteiger partial charge is 0.322 e. The van der Waals surface area contributed by atoms with Gasteiger partial charge in [0, 0.05) is 24.9 Å². The summed E-state index contributed by atoms with van der Waals surface area (Å²) in [5, 5.41) is 11.9. The number of nitrogens with one attached hydrogen (secondary N) is 1. The van der Waals surface area contributed by atoms with Crippen molar-refractivity contribution in [2.24, 2.45) is 0 Å². The fourth-order valence-electron chi connectivity index (χ4n) is 2.72. The number of aliphatic hydroxyl groups excluding tert-OH is 1. The fraction of sp³-hybridized carbons (Fsp3) is 0.571. The number of carbonyl (C=O) groups is 1. The third-order valence-corrected chi connectivity index (χ3v) is 3.78. The van der Waals surface area contributed by atoms with Crippen molar-refractivity contribution in [3.63, 3.8) is 0 Å². The van der Waals surface area contributed by atoms with Crippen LogP contribution in [0.1, 0.15) is 32.6 Å². The van der Waals surface area contributed by atoms with Gasteiger partial charge in [-0.15, -0.1) is 0 Å². The van der Waals surface area contributed by atoms with E-state index in [1.54, 1.807) is 18.5 Å². The van der Waals surface area contributed by atoms with E-state index in [-0.39, 0.29) is 18.2 Å². The number of amides is 2. The van der Waals surface area contributed by atoms with E-state index in [9.17, 15) is 4.79 Å². The molecule has 0 aromatic carbocycles. The minimum atomic E-state index is -0.144. The predicted octanol–water partition coefficient (Wildman–Crippen LogP) is 2.24. The summed E-state index contributed by atoms with van der Waals surface area (Å²) >= 11 is 0. The molecule has 2 heterocycles. The topological polar surface area (TPSA) is 65.5 Å². The lowest BCUT2D eigenvalue weighted by Gasteiger charge is -2.35. The molecule has 5 heteroatoms. The van der Waals surface area contributed by atoms with E-state index >= 15 is 0 Å². The van der Waals surface area contributed by atoms with Gasteiger partial charge >= 0.3 is 6.03 Å². The van der Waals surface area contributed by atoms with Crippen LogP contribution in [0.2, 0.25) is 0 Å². The fourth-order valence-corrected chi connectivity index (χ4v) is 2.72. The minimum absolute atomic E-state index is 0.0778. The summed E-state index contributed by atoms with van der Waals surface area (Å²) in [6, 6.07) is 3.54. The lowest BCUT2D eigenvalue weighted by atomic mass is 9.93. The average molecular weight is 263 g/mol. The van der Waals surface area contributed by atoms with Crippen LogP contribution in [0.15, 0.2) is 24.5 Å². The number of aromatic nitrogens is 1. The Morgan fingerprint density at radius 2 is 2.47 bits per heavy atom. The van der Waals surface area contributed by atoms with E-state index in [0.29, 0.717) is 5.69 Å². The Morgan fingerprint density at radius 1 is 1.63 bits per heavy atom. The van der Waals surface area contributed by atoms with Crippen molar-refractivity contribution in [1.82, 2.24) is 9.88 Å². The van der Waals surface area contributed by atoms with Gasteiger partial charge in [0.25, 0.3) is 0 Å². The van der Waals surface area contributed by atoms with Crippen molar-refractivity contribution in [2.45, 2.75) is 38.1 Å². The molecule has 1 aliphatic heterocycles. The predicted molar refractivity (Wildman–Crippen MR) is 73.9 cm³/mol. The van der Waals surface area contributed by atoms with E-state index in [4.69, 9.17) is 5.11 Å². The van der Waals surface area contributed by atoms with Crippen molar-refractivity contribution in [2.75, 3.05) is 18.5 Å². The van der Waals surface area contributed by atoms with Crippen LogP contribution in [-0.2, 0) is 0 Å². The molecule has 104 valence electrons. The molecule has 0 aliphatic carbocycles. The Labute approximate surface area is 113 Å². The third-order valence-electron chi connectivity index (χ3n) is 3.78. The zero-order valence-corrected chi connectivity index (χ0v) is 11.3. The first kappa shape index (κ1) is 13.8. The number of aliphatic hydroxyl groups is 1. The highest BCUT2D eigenvalue weighted by molar-refractivity contribution is 5.89. The molecule has 1 aromatic heterocycles. The van der Waals surface area contributed by atoms with Crippen LogP contribution < -0.4 is 5.32 Å². The van der Waals surface area contributed by atoms with Gasteiger partial charge in [-0.05, 0) is 44.7 Å². The second kappa shape index (κ2) is 6.02. The summed E-state index contributed by atoms with van der Waals surface area (Å²) in [7, 11) is 0. The van der Waals surface area contributed by atoms with Gasteiger partial charge in [-0.3, -0.25) is 4.98 Å². The molecule has 0 bridgehead atoms. The molecule has 1 fully saturated rings. The summed E-state index contributed by atoms with van der Waals surface area (Å²) in [6.45, 7) is 3.04. The molecule has 1 aromatic rings. The van der Waals surface area contributed by atoms with Gasteiger partial charge in [0.15, 0.2) is 0 Å². The van der Waals surface area contributed by atoms with Crippen molar-refractivity contribution in [3.05, 3.63) is 24.5 Å². The lowest BCUT2D eigenvalue weighted by molar-refractivity contribution is 0.151. The Balaban J connectivity index is 2.01. The molecule has 1 atom stereocenters. The van der Waals surface area contributed by atoms with Crippen LogP contribution in [0.4, 0.5) is 10.5 Å². The van der Waals surface area contributed by atoms with Crippen LogP contribution in [0.3, 0.4) is 0 Å². The largest absolute Gasteiger partial charge is 0.396 e. The highest BCUT2D eigenvalue weighted by Crippen LogP contribution is 2.33. The molecule has 2 amide bonds. The van der Waals surface area contributed by atoms with Gasteiger partial charge in [0.05, 0.1) is 11.9 Å².